The molecule has 0 bridgehead atoms. The Hall–Kier alpha value is -1.62. The lowest BCUT2D eigenvalue weighted by atomic mass is 9.87. The van der Waals surface area contributed by atoms with Crippen LogP contribution in [0, 0.1) is 12.0 Å². The molecule has 0 aliphatic carbocycles. The van der Waals surface area contributed by atoms with E-state index in [1.165, 1.54) is 0 Å². The lowest BCUT2D eigenvalue weighted by Gasteiger charge is -2.42. The van der Waals surface area contributed by atoms with Gasteiger partial charge >= 0.3 is 0 Å². The van der Waals surface area contributed by atoms with E-state index in [0.29, 0.717) is 6.54 Å². The van der Waals surface area contributed by atoms with E-state index in [9.17, 15) is 4.79 Å². The van der Waals surface area contributed by atoms with Crippen molar-refractivity contribution in [2.75, 3.05) is 11.4 Å². The first-order valence-corrected chi connectivity index (χ1v) is 5.73. The molecule has 1 aromatic rings. The standard InChI is InChI=1S/C12H17N4O/c1-8-6-9(13)7-16(11(8)12(14)17)10-2-4-15-5-3-10/h2,4-5,8-9,11H,6-7,13H2,1H3,(H2,14,17). The van der Waals surface area contributed by atoms with Crippen molar-refractivity contribution in [2.24, 2.45) is 17.4 Å². The van der Waals surface area contributed by atoms with Crippen LogP contribution in [-0.2, 0) is 4.79 Å². The Bertz CT molecular complexity index is 395. The maximum Gasteiger partial charge on any atom is 0.240 e. The first-order valence-electron chi connectivity index (χ1n) is 5.73. The average Bonchev–Trinajstić information content (AvgIpc) is 2.28. The molecule has 1 fully saturated rings. The molecule has 4 N–H and O–H groups in total. The molecule has 1 aromatic heterocycles. The minimum Gasteiger partial charge on any atom is -0.368 e. The van der Waals surface area contributed by atoms with Crippen LogP contribution in [0.15, 0.2) is 18.5 Å². The van der Waals surface area contributed by atoms with Gasteiger partial charge in [0.05, 0.1) is 0 Å². The van der Waals surface area contributed by atoms with Gasteiger partial charge in [-0.1, -0.05) is 6.92 Å². The predicted molar refractivity (Wildman–Crippen MR) is 65.2 cm³/mol. The fraction of sp³-hybridized carbons (Fsp3) is 0.500. The second-order valence-corrected chi connectivity index (χ2v) is 4.60. The number of hydrogen-bond acceptors (Lipinski definition) is 4. The van der Waals surface area contributed by atoms with Gasteiger partial charge < -0.3 is 16.4 Å². The Balaban J connectivity index is 2.31. The van der Waals surface area contributed by atoms with Crippen molar-refractivity contribution in [2.45, 2.75) is 25.4 Å². The number of primary amides is 1. The smallest absolute Gasteiger partial charge is 0.240 e. The zero-order valence-corrected chi connectivity index (χ0v) is 9.84. The van der Waals surface area contributed by atoms with Gasteiger partial charge in [-0.25, -0.2) is 0 Å². The third-order valence-electron chi connectivity index (χ3n) is 3.19. The molecule has 0 spiro atoms. The van der Waals surface area contributed by atoms with Crippen LogP contribution in [0.3, 0.4) is 0 Å². The van der Waals surface area contributed by atoms with Gasteiger partial charge in [-0.2, -0.15) is 0 Å². The highest BCUT2D eigenvalue weighted by Gasteiger charge is 2.36. The number of carbonyl (C=O) groups is 1. The summed E-state index contributed by atoms with van der Waals surface area (Å²) in [5.74, 6) is -0.160. The van der Waals surface area contributed by atoms with Crippen molar-refractivity contribution in [1.29, 1.82) is 0 Å². The molecular formula is C12H17N4O. The van der Waals surface area contributed by atoms with Gasteiger partial charge in [0, 0.05) is 36.7 Å². The van der Waals surface area contributed by atoms with E-state index in [4.69, 9.17) is 11.5 Å². The van der Waals surface area contributed by atoms with Gasteiger partial charge in [-0.05, 0) is 18.4 Å². The van der Waals surface area contributed by atoms with Gasteiger partial charge in [0.1, 0.15) is 6.04 Å². The lowest BCUT2D eigenvalue weighted by molar-refractivity contribution is -0.120. The monoisotopic (exact) mass is 233 g/mol. The Morgan fingerprint density at radius 3 is 3.00 bits per heavy atom. The lowest BCUT2D eigenvalue weighted by Crippen LogP contribution is -2.58. The number of anilines is 1. The number of nitrogens with two attached hydrogens (primary N) is 2. The SMILES string of the molecule is CC1CC(N)CN(c2[c]cncc2)C1C(N)=O. The molecule has 5 nitrogen and oxygen atoms in total. The molecule has 17 heavy (non-hydrogen) atoms. The van der Waals surface area contributed by atoms with Crippen LogP contribution >= 0.6 is 0 Å². The third kappa shape index (κ3) is 2.39. The minimum absolute atomic E-state index is 0.0576. The van der Waals surface area contributed by atoms with Crippen molar-refractivity contribution in [3.8, 4) is 0 Å². The molecule has 5 heteroatoms. The summed E-state index contributed by atoms with van der Waals surface area (Å²) in [6.07, 6.45) is 4.07. The number of aromatic nitrogens is 1. The number of carbonyl (C=O) groups excluding carboxylic acids is 1. The first-order chi connectivity index (χ1) is 8.09. The van der Waals surface area contributed by atoms with Crippen molar-refractivity contribution >= 4 is 11.6 Å². The van der Waals surface area contributed by atoms with Crippen molar-refractivity contribution in [3.05, 3.63) is 24.5 Å². The van der Waals surface area contributed by atoms with E-state index >= 15 is 0 Å². The van der Waals surface area contributed by atoms with Crippen LogP contribution in [0.4, 0.5) is 5.69 Å². The van der Waals surface area contributed by atoms with Gasteiger partial charge in [0.2, 0.25) is 5.91 Å². The number of rotatable bonds is 2. The van der Waals surface area contributed by atoms with E-state index in [1.807, 2.05) is 17.9 Å². The predicted octanol–water partition coefficient (Wildman–Crippen LogP) is -0.0908. The molecule has 2 heterocycles. The van der Waals surface area contributed by atoms with Crippen molar-refractivity contribution < 1.29 is 4.79 Å². The first kappa shape index (κ1) is 11.9. The van der Waals surface area contributed by atoms with Crippen LogP contribution in [0.5, 0.6) is 0 Å². The molecule has 1 aliphatic heterocycles. The van der Waals surface area contributed by atoms with E-state index in [0.717, 1.165) is 12.1 Å². The van der Waals surface area contributed by atoms with Crippen LogP contribution in [0.2, 0.25) is 0 Å². The number of nitrogens with zero attached hydrogens (tertiary/aromatic N) is 2. The Labute approximate surface area is 101 Å². The second-order valence-electron chi connectivity index (χ2n) is 4.60. The highest BCUT2D eigenvalue weighted by molar-refractivity contribution is 5.84. The summed E-state index contributed by atoms with van der Waals surface area (Å²) in [7, 11) is 0. The maximum absolute atomic E-state index is 11.6. The van der Waals surface area contributed by atoms with Crippen LogP contribution in [0.25, 0.3) is 0 Å². The maximum atomic E-state index is 11.6. The van der Waals surface area contributed by atoms with Crippen molar-refractivity contribution in [3.63, 3.8) is 0 Å². The normalized spacial score (nSPS) is 29.1. The molecule has 91 valence electrons. The number of piperidine rings is 1. The average molecular weight is 233 g/mol. The molecule has 1 aliphatic rings. The van der Waals surface area contributed by atoms with Crippen molar-refractivity contribution in [1.82, 2.24) is 4.98 Å². The summed E-state index contributed by atoms with van der Waals surface area (Å²) in [5, 5.41) is 0. The topological polar surface area (TPSA) is 85.2 Å². The largest absolute Gasteiger partial charge is 0.368 e. The molecule has 2 rings (SSSR count). The van der Waals surface area contributed by atoms with Gasteiger partial charge in [0.25, 0.3) is 0 Å². The van der Waals surface area contributed by atoms with E-state index in [1.54, 1.807) is 12.4 Å². The molecule has 1 amide bonds. The Morgan fingerprint density at radius 2 is 2.41 bits per heavy atom. The van der Waals surface area contributed by atoms with Gasteiger partial charge in [-0.3, -0.25) is 9.78 Å². The van der Waals surface area contributed by atoms with E-state index < -0.39 is 0 Å². The summed E-state index contributed by atoms with van der Waals surface area (Å²) in [6.45, 7) is 2.63. The summed E-state index contributed by atoms with van der Waals surface area (Å²) < 4.78 is 0. The highest BCUT2D eigenvalue weighted by atomic mass is 16.1. The quantitative estimate of drug-likeness (QED) is 0.747. The summed E-state index contributed by atoms with van der Waals surface area (Å²) in [6, 6.07) is 4.58. The van der Waals surface area contributed by atoms with Gasteiger partial charge in [0.15, 0.2) is 0 Å². The molecule has 0 saturated carbocycles. The number of hydrogen-bond donors (Lipinski definition) is 2. The fourth-order valence-electron chi connectivity index (χ4n) is 2.52. The zero-order valence-electron chi connectivity index (χ0n) is 9.84. The van der Waals surface area contributed by atoms with Crippen LogP contribution in [-0.4, -0.2) is 29.5 Å². The summed E-state index contributed by atoms with van der Waals surface area (Å²) in [5.41, 5.74) is 12.3. The Kier molecular flexibility index (Phi) is 3.28. The van der Waals surface area contributed by atoms with Crippen LogP contribution < -0.4 is 16.4 Å². The van der Waals surface area contributed by atoms with Crippen LogP contribution in [0.1, 0.15) is 13.3 Å². The highest BCUT2D eigenvalue weighted by Crippen LogP contribution is 2.27. The molecule has 1 saturated heterocycles. The molecule has 1 radical (unpaired) electrons. The zero-order chi connectivity index (χ0) is 12.4. The molecule has 0 aromatic carbocycles. The summed E-state index contributed by atoms with van der Waals surface area (Å²) in [4.78, 5) is 17.4. The van der Waals surface area contributed by atoms with Gasteiger partial charge in [-0.15, -0.1) is 0 Å². The van der Waals surface area contributed by atoms with E-state index in [2.05, 4.69) is 11.1 Å². The number of amides is 1. The molecule has 3 unspecified atom stereocenters. The number of pyridine rings is 1. The summed E-state index contributed by atoms with van der Waals surface area (Å²) >= 11 is 0. The molecular weight excluding hydrogens is 216 g/mol. The fourth-order valence-corrected chi connectivity index (χ4v) is 2.52. The third-order valence-corrected chi connectivity index (χ3v) is 3.19. The Morgan fingerprint density at radius 1 is 1.65 bits per heavy atom. The van der Waals surface area contributed by atoms with E-state index in [-0.39, 0.29) is 23.9 Å². The molecule has 3 atom stereocenters. The minimum atomic E-state index is -0.312. The second kappa shape index (κ2) is 4.71.